The van der Waals surface area contributed by atoms with Gasteiger partial charge >= 0.3 is 6.03 Å². The van der Waals surface area contributed by atoms with E-state index in [2.05, 4.69) is 20.9 Å². The third-order valence-corrected chi connectivity index (χ3v) is 8.03. The zero-order valence-corrected chi connectivity index (χ0v) is 15.7. The molecule has 3 atom stereocenters. The lowest BCUT2D eigenvalue weighted by molar-refractivity contribution is -0.130. The zero-order chi connectivity index (χ0) is 17.3. The summed E-state index contributed by atoms with van der Waals surface area (Å²) < 4.78 is 0. The van der Waals surface area contributed by atoms with Crippen LogP contribution in [0.3, 0.4) is 0 Å². The summed E-state index contributed by atoms with van der Waals surface area (Å²) in [5, 5.41) is 9.96. The predicted octanol–water partition coefficient (Wildman–Crippen LogP) is 1.31. The third kappa shape index (κ3) is 3.77. The maximum atomic E-state index is 12.5. The van der Waals surface area contributed by atoms with Gasteiger partial charge < -0.3 is 20.9 Å². The summed E-state index contributed by atoms with van der Waals surface area (Å²) in [5.41, 5.74) is 0.407. The Hall–Kier alpha value is -0.950. The lowest BCUT2D eigenvalue weighted by Gasteiger charge is -2.33. The summed E-state index contributed by atoms with van der Waals surface area (Å²) >= 11 is 1.96. The van der Waals surface area contributed by atoms with Gasteiger partial charge in [0.25, 0.3) is 0 Å². The van der Waals surface area contributed by atoms with Crippen LogP contribution in [0.5, 0.6) is 0 Å². The summed E-state index contributed by atoms with van der Waals surface area (Å²) in [6, 6.07) is 0.567. The number of urea groups is 1. The Morgan fingerprint density at radius 2 is 2.04 bits per heavy atom. The van der Waals surface area contributed by atoms with Gasteiger partial charge in [-0.15, -0.1) is 0 Å². The molecule has 0 bridgehead atoms. The number of unbranched alkanes of at least 4 members (excludes halogenated alkanes) is 1. The molecule has 4 aliphatic heterocycles. The number of nitrogens with one attached hydrogen (secondary N) is 3. The molecule has 3 amide bonds. The van der Waals surface area contributed by atoms with E-state index in [0.717, 1.165) is 51.2 Å². The first-order chi connectivity index (χ1) is 12.2. The van der Waals surface area contributed by atoms with Crippen LogP contribution in [-0.4, -0.2) is 66.1 Å². The predicted molar refractivity (Wildman–Crippen MR) is 99.7 cm³/mol. The van der Waals surface area contributed by atoms with Gasteiger partial charge in [0.15, 0.2) is 0 Å². The van der Waals surface area contributed by atoms with Crippen LogP contribution in [0.4, 0.5) is 4.79 Å². The zero-order valence-electron chi connectivity index (χ0n) is 14.9. The van der Waals surface area contributed by atoms with Crippen LogP contribution in [-0.2, 0) is 4.79 Å². The van der Waals surface area contributed by atoms with Crippen molar-refractivity contribution in [3.8, 4) is 0 Å². The van der Waals surface area contributed by atoms with Crippen molar-refractivity contribution in [2.75, 3.05) is 31.9 Å². The van der Waals surface area contributed by atoms with Gasteiger partial charge in [0.1, 0.15) is 0 Å². The van der Waals surface area contributed by atoms with Crippen molar-refractivity contribution < 1.29 is 9.59 Å². The number of hydrogen-bond donors (Lipinski definition) is 3. The van der Waals surface area contributed by atoms with E-state index in [1.807, 2.05) is 11.8 Å². The van der Waals surface area contributed by atoms with Crippen molar-refractivity contribution in [3.05, 3.63) is 0 Å². The minimum Gasteiger partial charge on any atom is -0.342 e. The Morgan fingerprint density at radius 3 is 2.88 bits per heavy atom. The van der Waals surface area contributed by atoms with Crippen molar-refractivity contribution in [2.45, 2.75) is 62.3 Å². The number of thioether (sulfide) groups is 1. The highest BCUT2D eigenvalue weighted by Crippen LogP contribution is 2.39. The van der Waals surface area contributed by atoms with Crippen LogP contribution in [0.2, 0.25) is 0 Å². The highest BCUT2D eigenvalue weighted by Gasteiger charge is 2.43. The number of carbonyl (C=O) groups is 2. The van der Waals surface area contributed by atoms with Gasteiger partial charge in [-0.3, -0.25) is 4.79 Å². The number of hydrogen-bond acceptors (Lipinski definition) is 4. The monoisotopic (exact) mass is 366 g/mol. The van der Waals surface area contributed by atoms with Crippen LogP contribution in [0.15, 0.2) is 0 Å². The molecule has 7 heteroatoms. The molecule has 3 N–H and O–H groups in total. The lowest BCUT2D eigenvalue weighted by atomic mass is 9.78. The van der Waals surface area contributed by atoms with E-state index in [1.165, 1.54) is 19.3 Å². The van der Waals surface area contributed by atoms with Gasteiger partial charge in [-0.2, -0.15) is 11.8 Å². The van der Waals surface area contributed by atoms with Crippen molar-refractivity contribution in [3.63, 3.8) is 0 Å². The topological polar surface area (TPSA) is 73.5 Å². The summed E-state index contributed by atoms with van der Waals surface area (Å²) in [6.45, 7) is 4.15. The number of piperidine rings is 1. The Balaban J connectivity index is 1.16. The fraction of sp³-hybridized carbons (Fsp3) is 0.889. The maximum absolute atomic E-state index is 12.5. The average Bonchev–Trinajstić information content (AvgIpc) is 3.28. The van der Waals surface area contributed by atoms with E-state index in [0.29, 0.717) is 29.0 Å². The summed E-state index contributed by atoms with van der Waals surface area (Å²) in [7, 11) is 0. The quantitative estimate of drug-likeness (QED) is 0.507. The van der Waals surface area contributed by atoms with Gasteiger partial charge in [0, 0.05) is 30.5 Å². The second-order valence-electron chi connectivity index (χ2n) is 8.18. The molecule has 0 unspecified atom stereocenters. The molecule has 0 aromatic heterocycles. The molecule has 140 valence electrons. The SMILES string of the molecule is O=C1N[C@H]2[C@H](CS[C@H]2CCCCC(=O)N2CCC3(CCNCC3)C2)N1. The molecule has 0 aromatic rings. The van der Waals surface area contributed by atoms with Crippen LogP contribution in [0.25, 0.3) is 0 Å². The molecule has 0 aliphatic carbocycles. The standard InChI is InChI=1S/C18H30N4O2S/c23-15(22-10-7-18(12-22)5-8-19-9-6-18)4-2-1-3-14-16-13(11-25-14)20-17(24)21-16/h13-14,16,19H,1-12H2,(H2,20,21,24)/t13-,14-,16-/m0/s1. The largest absolute Gasteiger partial charge is 0.342 e. The first-order valence-corrected chi connectivity index (χ1v) is 10.9. The van der Waals surface area contributed by atoms with Gasteiger partial charge in [0.05, 0.1) is 12.1 Å². The summed E-state index contributed by atoms with van der Waals surface area (Å²) in [4.78, 5) is 26.1. The number of carbonyl (C=O) groups excluding carboxylic acids is 2. The second-order valence-corrected chi connectivity index (χ2v) is 9.46. The molecule has 0 radical (unpaired) electrons. The van der Waals surface area contributed by atoms with Crippen molar-refractivity contribution in [1.29, 1.82) is 0 Å². The average molecular weight is 367 g/mol. The van der Waals surface area contributed by atoms with Gasteiger partial charge in [0.2, 0.25) is 5.91 Å². The van der Waals surface area contributed by atoms with E-state index < -0.39 is 0 Å². The molecule has 4 aliphatic rings. The number of rotatable bonds is 5. The van der Waals surface area contributed by atoms with Gasteiger partial charge in [-0.1, -0.05) is 6.42 Å². The lowest BCUT2D eigenvalue weighted by Crippen LogP contribution is -2.39. The van der Waals surface area contributed by atoms with Crippen LogP contribution in [0.1, 0.15) is 44.9 Å². The first kappa shape index (κ1) is 17.5. The molecule has 0 aromatic carbocycles. The van der Waals surface area contributed by atoms with Crippen LogP contribution >= 0.6 is 11.8 Å². The smallest absolute Gasteiger partial charge is 0.315 e. The minimum atomic E-state index is -0.0173. The Bertz CT molecular complexity index is 523. The molecule has 0 saturated carbocycles. The molecular weight excluding hydrogens is 336 g/mol. The fourth-order valence-corrected chi connectivity index (χ4v) is 6.48. The van der Waals surface area contributed by atoms with Crippen molar-refractivity contribution in [1.82, 2.24) is 20.9 Å². The second kappa shape index (κ2) is 7.35. The molecule has 4 fully saturated rings. The highest BCUT2D eigenvalue weighted by atomic mass is 32.2. The number of fused-ring (bicyclic) bond motifs is 1. The minimum absolute atomic E-state index is 0.0173. The molecule has 1 spiro atoms. The van der Waals surface area contributed by atoms with Crippen LogP contribution < -0.4 is 16.0 Å². The van der Waals surface area contributed by atoms with Crippen molar-refractivity contribution >= 4 is 23.7 Å². The molecule has 4 heterocycles. The van der Waals surface area contributed by atoms with E-state index in [9.17, 15) is 9.59 Å². The van der Waals surface area contributed by atoms with Gasteiger partial charge in [-0.05, 0) is 50.6 Å². The fourth-order valence-electron chi connectivity index (χ4n) is 4.94. The number of likely N-dealkylation sites (tertiary alicyclic amines) is 1. The van der Waals surface area contributed by atoms with E-state index >= 15 is 0 Å². The maximum Gasteiger partial charge on any atom is 0.315 e. The molecule has 6 nitrogen and oxygen atoms in total. The molecule has 4 saturated heterocycles. The Labute approximate surface area is 154 Å². The molecule has 25 heavy (non-hydrogen) atoms. The van der Waals surface area contributed by atoms with E-state index in [4.69, 9.17) is 0 Å². The normalized spacial score (nSPS) is 33.4. The Morgan fingerprint density at radius 1 is 1.20 bits per heavy atom. The number of nitrogens with zero attached hydrogens (tertiary/aromatic N) is 1. The van der Waals surface area contributed by atoms with Gasteiger partial charge in [-0.25, -0.2) is 4.79 Å². The summed E-state index contributed by atoms with van der Waals surface area (Å²) in [6.07, 6.45) is 7.46. The third-order valence-electron chi connectivity index (χ3n) is 6.52. The highest BCUT2D eigenvalue weighted by molar-refractivity contribution is 8.00. The Kier molecular flexibility index (Phi) is 5.13. The van der Waals surface area contributed by atoms with E-state index in [1.54, 1.807) is 0 Å². The first-order valence-electron chi connectivity index (χ1n) is 9.82. The molecule has 4 rings (SSSR count). The molecular formula is C18H30N4O2S. The van der Waals surface area contributed by atoms with Crippen molar-refractivity contribution in [2.24, 2.45) is 5.41 Å². The number of amides is 3. The van der Waals surface area contributed by atoms with E-state index in [-0.39, 0.29) is 12.1 Å². The summed E-state index contributed by atoms with van der Waals surface area (Å²) in [5.74, 6) is 1.36. The van der Waals surface area contributed by atoms with Crippen LogP contribution in [0, 0.1) is 5.41 Å².